The minimum atomic E-state index is 0. The second-order valence-electron chi connectivity index (χ2n) is 5.47. The van der Waals surface area contributed by atoms with Crippen molar-refractivity contribution in [3.63, 3.8) is 0 Å². The van der Waals surface area contributed by atoms with Gasteiger partial charge in [0.05, 0.1) is 0 Å². The molecule has 0 saturated heterocycles. The zero-order valence-electron chi connectivity index (χ0n) is 15.6. The zero-order chi connectivity index (χ0) is 18.2. The molecule has 146 valence electrons. The third-order valence-corrected chi connectivity index (χ3v) is 5.48. The van der Waals surface area contributed by atoms with Gasteiger partial charge in [0.25, 0.3) is 0 Å². The van der Waals surface area contributed by atoms with Crippen molar-refractivity contribution in [2.75, 3.05) is 6.54 Å². The summed E-state index contributed by atoms with van der Waals surface area (Å²) in [4.78, 5) is 0. The molecular weight excluding hydrogens is 437 g/mol. The van der Waals surface area contributed by atoms with E-state index in [2.05, 4.69) is 89.1 Å². The molecule has 0 bridgehead atoms. The van der Waals surface area contributed by atoms with E-state index in [1.165, 1.54) is 39.4 Å². The van der Waals surface area contributed by atoms with Crippen LogP contribution in [0, 0.1) is 6.92 Å². The van der Waals surface area contributed by atoms with Gasteiger partial charge in [-0.3, -0.25) is 0 Å². The van der Waals surface area contributed by atoms with Crippen LogP contribution in [0.2, 0.25) is 0 Å². The molecule has 0 aliphatic rings. The first-order valence-electron chi connectivity index (χ1n) is 8.58. The summed E-state index contributed by atoms with van der Waals surface area (Å²) in [5, 5.41) is 2.91. The van der Waals surface area contributed by atoms with Crippen molar-refractivity contribution in [1.29, 1.82) is 0 Å². The van der Waals surface area contributed by atoms with Gasteiger partial charge in [-0.2, -0.15) is 6.42 Å². The van der Waals surface area contributed by atoms with Gasteiger partial charge in [-0.25, -0.2) is 0 Å². The molecular formula is C20H31Cu2NSi2. The normalized spacial score (nSPS) is 9.04. The Labute approximate surface area is 179 Å². The van der Waals surface area contributed by atoms with E-state index in [1.54, 1.807) is 5.19 Å². The largest absolute Gasteiger partial charge is 1.00 e. The van der Waals surface area contributed by atoms with Crippen LogP contribution in [-0.2, 0) is 45.7 Å². The topological polar surface area (TPSA) is 12.4 Å². The summed E-state index contributed by atoms with van der Waals surface area (Å²) in [5.74, 6) is 0. The molecule has 1 nitrogen and oxygen atoms in total. The van der Waals surface area contributed by atoms with E-state index in [0.717, 1.165) is 19.4 Å². The van der Waals surface area contributed by atoms with Gasteiger partial charge in [0.15, 0.2) is 0 Å². The first-order valence-corrected chi connectivity index (χ1v) is 10.7. The average Bonchev–Trinajstić information content (AvgIpc) is 2.62. The van der Waals surface area contributed by atoms with Crippen LogP contribution >= 0.6 is 0 Å². The van der Waals surface area contributed by atoms with Crippen molar-refractivity contribution in [3.8, 4) is 0 Å². The van der Waals surface area contributed by atoms with Crippen LogP contribution in [0.4, 0.5) is 0 Å². The molecule has 2 aromatic carbocycles. The Morgan fingerprint density at radius 1 is 1.04 bits per heavy atom. The van der Waals surface area contributed by atoms with Crippen LogP contribution in [0.5, 0.6) is 0 Å². The predicted molar refractivity (Wildman–Crippen MR) is 111 cm³/mol. The number of rotatable bonds is 5. The molecule has 2 aromatic rings. The van der Waals surface area contributed by atoms with Gasteiger partial charge in [0.1, 0.15) is 0 Å². The fourth-order valence-electron chi connectivity index (χ4n) is 2.01. The van der Waals surface area contributed by atoms with E-state index in [9.17, 15) is 0 Å². The molecule has 0 N–H and O–H groups in total. The van der Waals surface area contributed by atoms with E-state index < -0.39 is 0 Å². The van der Waals surface area contributed by atoms with E-state index in [1.807, 2.05) is 10.2 Å². The molecule has 1 radical (unpaired) electrons. The Balaban J connectivity index is 0. The molecule has 25 heavy (non-hydrogen) atoms. The van der Waals surface area contributed by atoms with Crippen molar-refractivity contribution in [2.24, 2.45) is 3.96 Å². The van der Waals surface area contributed by atoms with Crippen LogP contribution in [0.25, 0.3) is 0 Å². The Bertz CT molecular complexity index is 532. The molecule has 0 atom stereocenters. The maximum Gasteiger partial charge on any atom is 1.00 e. The molecule has 0 unspecified atom stereocenters. The number of hydrogen-bond acceptors (Lipinski definition) is 1. The molecule has 0 amide bonds. The maximum absolute atomic E-state index is 4.47. The minimum absolute atomic E-state index is 0. The van der Waals surface area contributed by atoms with Gasteiger partial charge in [-0.1, -0.05) is 77.0 Å². The molecule has 0 aliphatic carbocycles. The number of benzene rings is 2. The third kappa shape index (κ3) is 13.6. The minimum Gasteiger partial charge on any atom is -0.339 e. The fourth-order valence-corrected chi connectivity index (χ4v) is 3.31. The quantitative estimate of drug-likeness (QED) is 0.362. The summed E-state index contributed by atoms with van der Waals surface area (Å²) in [6.45, 7) is 8.99. The maximum atomic E-state index is 4.47. The SMILES string of the molecule is CCCC[N]=[Cu].CCc1ccccc1[SiH3].[CH2-]Cc1ccccc1[SiH2].[Cu+]. The van der Waals surface area contributed by atoms with Crippen molar-refractivity contribution in [2.45, 2.75) is 39.5 Å². The van der Waals surface area contributed by atoms with Gasteiger partial charge >= 0.3 is 63.2 Å². The molecule has 0 heterocycles. The molecule has 0 aliphatic heterocycles. The van der Waals surface area contributed by atoms with Gasteiger partial charge in [-0.05, 0) is 6.42 Å². The van der Waals surface area contributed by atoms with Gasteiger partial charge in [0.2, 0.25) is 0 Å². The van der Waals surface area contributed by atoms with Crippen LogP contribution < -0.4 is 10.4 Å². The zero-order valence-corrected chi connectivity index (χ0v) is 20.9. The van der Waals surface area contributed by atoms with Gasteiger partial charge in [-0.15, -0.1) is 0 Å². The van der Waals surface area contributed by atoms with Crippen molar-refractivity contribution < 1.29 is 32.9 Å². The fraction of sp³-hybridized carbons (Fsp3) is 0.350. The summed E-state index contributed by atoms with van der Waals surface area (Å²) >= 11 is 4.47. The molecule has 2 rings (SSSR count). The van der Waals surface area contributed by atoms with E-state index in [4.69, 9.17) is 0 Å². The summed E-state index contributed by atoms with van der Waals surface area (Å²) in [7, 11) is 3.10. The third-order valence-electron chi connectivity index (χ3n) is 3.61. The van der Waals surface area contributed by atoms with Crippen molar-refractivity contribution >= 4 is 30.9 Å². The molecule has 0 spiro atoms. The number of hydrogen-bond donors (Lipinski definition) is 0. The van der Waals surface area contributed by atoms with Crippen molar-refractivity contribution in [1.82, 2.24) is 0 Å². The van der Waals surface area contributed by atoms with Crippen molar-refractivity contribution in [3.05, 3.63) is 66.6 Å². The molecule has 0 aromatic heterocycles. The smallest absolute Gasteiger partial charge is 0.339 e. The number of nitrogens with zero attached hydrogens (tertiary/aromatic N) is 1. The molecule has 5 heteroatoms. The van der Waals surface area contributed by atoms with Gasteiger partial charge in [0, 0.05) is 20.5 Å². The van der Waals surface area contributed by atoms with E-state index >= 15 is 0 Å². The van der Waals surface area contributed by atoms with Crippen LogP contribution in [-0.4, -0.2) is 27.0 Å². The van der Waals surface area contributed by atoms with Crippen LogP contribution in [0.3, 0.4) is 0 Å². The van der Waals surface area contributed by atoms with E-state index in [-0.39, 0.29) is 17.1 Å². The Hall–Kier alpha value is -0.287. The van der Waals surface area contributed by atoms with Crippen LogP contribution in [0.1, 0.15) is 37.8 Å². The van der Waals surface area contributed by atoms with Crippen LogP contribution in [0.15, 0.2) is 52.5 Å². The number of unbranched alkanes of at least 4 members (excludes halogenated alkanes) is 1. The van der Waals surface area contributed by atoms with E-state index in [0.29, 0.717) is 0 Å². The second-order valence-corrected chi connectivity index (χ2v) is 7.61. The molecule has 0 fully saturated rings. The number of aryl methyl sites for hydroxylation is 1. The standard InChI is InChI=1S/C8H12Si.C8H10Si.C4H9N.2Cu/c2*1-2-7-5-3-4-6-8(7)9;1-2-3-4-5;;/h3-6H,2H2,1,9H3;3-6H,1-2,9H2;2-4H2,1H3;;/q;-1;;;+1. The Kier molecular flexibility index (Phi) is 19.9. The molecule has 0 saturated carbocycles. The second kappa shape index (κ2) is 18.5. The Morgan fingerprint density at radius 2 is 1.60 bits per heavy atom. The monoisotopic (exact) mass is 467 g/mol. The predicted octanol–water partition coefficient (Wildman–Crippen LogP) is 2.08. The Morgan fingerprint density at radius 3 is 1.92 bits per heavy atom. The first-order chi connectivity index (χ1) is 11.6. The summed E-state index contributed by atoms with van der Waals surface area (Å²) in [6, 6.07) is 17.0. The van der Waals surface area contributed by atoms with Gasteiger partial charge < -0.3 is 6.92 Å². The first kappa shape index (κ1) is 26.9. The summed E-state index contributed by atoms with van der Waals surface area (Å²) in [5.41, 5.74) is 2.88. The summed E-state index contributed by atoms with van der Waals surface area (Å²) in [6.07, 6.45) is 4.41. The average molecular weight is 469 g/mol. The summed E-state index contributed by atoms with van der Waals surface area (Å²) < 4.78 is 3.49.